The van der Waals surface area contributed by atoms with Gasteiger partial charge in [0.15, 0.2) is 5.60 Å². The molecule has 0 bridgehead atoms. The van der Waals surface area contributed by atoms with Crippen LogP contribution in [0.5, 0.6) is 5.75 Å². The lowest BCUT2D eigenvalue weighted by Gasteiger charge is -2.56. The van der Waals surface area contributed by atoms with Gasteiger partial charge in [0.25, 0.3) is 14.8 Å². The number of benzene rings is 1. The number of para-hydroxylation sites is 1. The molecule has 3 aliphatic rings. The van der Waals surface area contributed by atoms with Crippen molar-refractivity contribution in [1.82, 2.24) is 0 Å². The minimum absolute atomic E-state index is 0.0238. The van der Waals surface area contributed by atoms with Crippen LogP contribution in [0.2, 0.25) is 13.1 Å². The molecule has 0 spiro atoms. The molecule has 143 valence electrons. The third-order valence-electron chi connectivity index (χ3n) is 5.95. The Kier molecular flexibility index (Phi) is 4.31. The summed E-state index contributed by atoms with van der Waals surface area (Å²) in [5.74, 6) is 1.11. The van der Waals surface area contributed by atoms with Crippen LogP contribution in [0.1, 0.15) is 57.6 Å². The minimum atomic E-state index is -0.940. The third kappa shape index (κ3) is 2.59. The second-order valence-corrected chi connectivity index (χ2v) is 11.3. The fourth-order valence-corrected chi connectivity index (χ4v) is 5.13. The molecule has 0 aromatic heterocycles. The molecule has 4 nitrogen and oxygen atoms in total. The zero-order valence-electron chi connectivity index (χ0n) is 16.8. The summed E-state index contributed by atoms with van der Waals surface area (Å²) in [6.07, 6.45) is 4.76. The molecule has 1 radical (unpaired) electrons. The van der Waals surface area contributed by atoms with Gasteiger partial charge < -0.3 is 9.16 Å². The van der Waals surface area contributed by atoms with E-state index in [1.54, 1.807) is 7.11 Å². The molecule has 0 amide bonds. The Labute approximate surface area is 158 Å². The molecule has 1 aromatic carbocycles. The summed E-state index contributed by atoms with van der Waals surface area (Å²) >= 11 is 0. The Bertz CT molecular complexity index is 672. The molecule has 26 heavy (non-hydrogen) atoms. The van der Waals surface area contributed by atoms with E-state index in [1.165, 1.54) is 31.2 Å². The molecule has 5 heteroatoms. The van der Waals surface area contributed by atoms with Crippen LogP contribution in [0.4, 0.5) is 0 Å². The van der Waals surface area contributed by atoms with Gasteiger partial charge in [0.1, 0.15) is 5.75 Å². The number of ether oxygens (including phenoxy) is 1. The standard InChI is InChI=1S/C21H31O4Si/c1-19(2,3)16-8-7-9-17(18(16)23-26(5)6)21(22-4)20(24-25-21,14-10-11-14)15-12-13-15/h7-9,14-15H,10-13H2,1-6H3. The van der Waals surface area contributed by atoms with Gasteiger partial charge in [0.05, 0.1) is 5.56 Å². The van der Waals surface area contributed by atoms with Crippen molar-refractivity contribution in [3.63, 3.8) is 0 Å². The van der Waals surface area contributed by atoms with Crippen LogP contribution in [0.3, 0.4) is 0 Å². The predicted molar refractivity (Wildman–Crippen MR) is 102 cm³/mol. The van der Waals surface area contributed by atoms with Crippen LogP contribution in [0, 0.1) is 11.8 Å². The van der Waals surface area contributed by atoms with Gasteiger partial charge in [-0.25, -0.2) is 4.89 Å². The maximum absolute atomic E-state index is 6.47. The molecule has 1 atom stereocenters. The third-order valence-corrected chi connectivity index (χ3v) is 6.56. The first kappa shape index (κ1) is 18.5. The SMILES string of the molecule is COC1(c2cccc(C(C)(C)C)c2O[Si](C)C)OOC1(C1CC1)C1CC1. The molecule has 2 saturated carbocycles. The van der Waals surface area contributed by atoms with Crippen LogP contribution in [0.15, 0.2) is 18.2 Å². The average Bonchev–Trinajstić information content (AvgIpc) is 3.42. The largest absolute Gasteiger partial charge is 0.542 e. The number of methoxy groups -OCH3 is 1. The van der Waals surface area contributed by atoms with E-state index in [-0.39, 0.29) is 11.0 Å². The maximum Gasteiger partial charge on any atom is 0.274 e. The lowest BCUT2D eigenvalue weighted by Crippen LogP contribution is -2.68. The van der Waals surface area contributed by atoms with Gasteiger partial charge in [-0.1, -0.05) is 32.9 Å². The Morgan fingerprint density at radius 1 is 1.04 bits per heavy atom. The topological polar surface area (TPSA) is 36.9 Å². The first-order valence-corrected chi connectivity index (χ1v) is 12.2. The van der Waals surface area contributed by atoms with E-state index >= 15 is 0 Å². The van der Waals surface area contributed by atoms with Crippen LogP contribution in [-0.4, -0.2) is 21.8 Å². The van der Waals surface area contributed by atoms with E-state index in [1.807, 2.05) is 0 Å². The lowest BCUT2D eigenvalue weighted by atomic mass is 9.75. The molecular weight excluding hydrogens is 344 g/mol. The molecule has 1 unspecified atom stereocenters. The van der Waals surface area contributed by atoms with Gasteiger partial charge in [-0.15, -0.1) is 0 Å². The van der Waals surface area contributed by atoms with Gasteiger partial charge in [-0.2, -0.15) is 4.89 Å². The van der Waals surface area contributed by atoms with Crippen LogP contribution in [0.25, 0.3) is 0 Å². The molecule has 3 fully saturated rings. The molecule has 2 aliphatic carbocycles. The van der Waals surface area contributed by atoms with Crippen molar-refractivity contribution in [2.75, 3.05) is 7.11 Å². The van der Waals surface area contributed by atoms with Crippen molar-refractivity contribution in [3.8, 4) is 5.75 Å². The van der Waals surface area contributed by atoms with Crippen LogP contribution < -0.4 is 4.43 Å². The van der Waals surface area contributed by atoms with Crippen molar-refractivity contribution in [2.45, 2.75) is 76.4 Å². The van der Waals surface area contributed by atoms with E-state index in [0.29, 0.717) is 11.8 Å². The van der Waals surface area contributed by atoms with Gasteiger partial charge in [0, 0.05) is 7.11 Å². The van der Waals surface area contributed by atoms with Gasteiger partial charge in [-0.05, 0) is 67.7 Å². The fraction of sp³-hybridized carbons (Fsp3) is 0.714. The lowest BCUT2D eigenvalue weighted by molar-refractivity contribution is -0.628. The quantitative estimate of drug-likeness (QED) is 0.522. The highest BCUT2D eigenvalue weighted by atomic mass is 28.3. The van der Waals surface area contributed by atoms with Gasteiger partial charge >= 0.3 is 0 Å². The smallest absolute Gasteiger partial charge is 0.274 e. The summed E-state index contributed by atoms with van der Waals surface area (Å²) < 4.78 is 12.6. The zero-order valence-corrected chi connectivity index (χ0v) is 17.8. The normalized spacial score (nSPS) is 28.1. The molecule has 1 saturated heterocycles. The zero-order chi connectivity index (χ0) is 18.7. The van der Waals surface area contributed by atoms with Crippen molar-refractivity contribution in [2.24, 2.45) is 11.8 Å². The first-order valence-electron chi connectivity index (χ1n) is 9.80. The Morgan fingerprint density at radius 3 is 2.04 bits per heavy atom. The molecular formula is C21H31O4Si. The molecule has 0 N–H and O–H groups in total. The van der Waals surface area contributed by atoms with Crippen LogP contribution >= 0.6 is 0 Å². The average molecular weight is 376 g/mol. The molecule has 1 heterocycles. The highest BCUT2D eigenvalue weighted by molar-refractivity contribution is 6.49. The van der Waals surface area contributed by atoms with Gasteiger partial charge in [0.2, 0.25) is 0 Å². The Morgan fingerprint density at radius 2 is 1.65 bits per heavy atom. The second-order valence-electron chi connectivity index (χ2n) is 9.27. The van der Waals surface area contributed by atoms with Crippen molar-refractivity contribution >= 4 is 9.04 Å². The number of hydrogen-bond donors (Lipinski definition) is 0. The Balaban J connectivity index is 1.88. The van der Waals surface area contributed by atoms with E-state index in [4.69, 9.17) is 18.9 Å². The van der Waals surface area contributed by atoms with Crippen LogP contribution in [-0.2, 0) is 25.7 Å². The summed E-state index contributed by atoms with van der Waals surface area (Å²) in [6, 6.07) is 6.39. The highest BCUT2D eigenvalue weighted by Crippen LogP contribution is 2.68. The first-order chi connectivity index (χ1) is 12.3. The molecule has 1 aromatic rings. The summed E-state index contributed by atoms with van der Waals surface area (Å²) in [5, 5.41) is 0. The maximum atomic E-state index is 6.47. The monoisotopic (exact) mass is 375 g/mol. The molecule has 1 aliphatic heterocycles. The van der Waals surface area contributed by atoms with E-state index in [2.05, 4.69) is 52.1 Å². The van der Waals surface area contributed by atoms with E-state index < -0.39 is 14.8 Å². The Hall–Kier alpha value is -0.883. The van der Waals surface area contributed by atoms with E-state index in [0.717, 1.165) is 11.3 Å². The predicted octanol–water partition coefficient (Wildman–Crippen LogP) is 4.93. The second kappa shape index (κ2) is 6.06. The van der Waals surface area contributed by atoms with Crippen molar-refractivity contribution in [3.05, 3.63) is 29.3 Å². The highest BCUT2D eigenvalue weighted by Gasteiger charge is 2.77. The fourth-order valence-electron chi connectivity index (χ4n) is 4.50. The minimum Gasteiger partial charge on any atom is -0.542 e. The summed E-state index contributed by atoms with van der Waals surface area (Å²) in [6.45, 7) is 11.0. The number of rotatable bonds is 6. The molecule has 4 rings (SSSR count). The van der Waals surface area contributed by atoms with E-state index in [9.17, 15) is 0 Å². The summed E-state index contributed by atoms with van der Waals surface area (Å²) in [7, 11) is 0.810. The van der Waals surface area contributed by atoms with Crippen molar-refractivity contribution < 1.29 is 18.9 Å². The summed E-state index contributed by atoms with van der Waals surface area (Å²) in [4.78, 5) is 11.8. The number of hydrogen-bond acceptors (Lipinski definition) is 4. The van der Waals surface area contributed by atoms with Gasteiger partial charge in [-0.3, -0.25) is 0 Å². The summed E-state index contributed by atoms with van der Waals surface area (Å²) in [5.41, 5.74) is 1.83. The van der Waals surface area contributed by atoms with Crippen molar-refractivity contribution in [1.29, 1.82) is 0 Å².